The van der Waals surface area contributed by atoms with E-state index in [0.29, 0.717) is 56.4 Å². The minimum Gasteiger partial charge on any atom is -0.323 e. The van der Waals surface area contributed by atoms with Crippen molar-refractivity contribution in [2.75, 3.05) is 44.6 Å². The van der Waals surface area contributed by atoms with Gasteiger partial charge in [0.05, 0.1) is 0 Å². The summed E-state index contributed by atoms with van der Waals surface area (Å²) in [6.07, 6.45) is 3.55. The summed E-state index contributed by atoms with van der Waals surface area (Å²) in [7, 11) is -3.43. The first-order valence-corrected chi connectivity index (χ1v) is 10.8. The molecule has 0 unspecified atom stereocenters. The van der Waals surface area contributed by atoms with E-state index in [4.69, 9.17) is 11.6 Å². The number of amides is 2. The minimum absolute atomic E-state index is 0.218. The van der Waals surface area contributed by atoms with Crippen molar-refractivity contribution in [1.29, 1.82) is 0 Å². The number of carbonyl (C=O) groups excluding carboxylic acids is 1. The summed E-state index contributed by atoms with van der Waals surface area (Å²) >= 11 is 5.85. The van der Waals surface area contributed by atoms with Crippen LogP contribution in [-0.4, -0.2) is 67.2 Å². The number of benzene rings is 1. The maximum atomic E-state index is 12.8. The lowest BCUT2D eigenvalue weighted by Gasteiger charge is -2.31. The summed E-state index contributed by atoms with van der Waals surface area (Å²) in [6, 6.07) is 6.69. The maximum absolute atomic E-state index is 12.8. The topological polar surface area (TPSA) is 73.0 Å². The Balaban J connectivity index is 1.58. The summed E-state index contributed by atoms with van der Waals surface area (Å²) in [5, 5.41) is 3.44. The highest BCUT2D eigenvalue weighted by molar-refractivity contribution is 7.86. The maximum Gasteiger partial charge on any atom is 0.321 e. The number of hydrogen-bond donors (Lipinski definition) is 1. The zero-order valence-corrected chi connectivity index (χ0v) is 16.3. The molecule has 3 rings (SSSR count). The molecule has 9 heteroatoms. The van der Waals surface area contributed by atoms with Crippen molar-refractivity contribution in [1.82, 2.24) is 13.5 Å². The molecule has 0 atom stereocenters. The quantitative estimate of drug-likeness (QED) is 0.847. The van der Waals surface area contributed by atoms with Gasteiger partial charge in [-0.05, 0) is 43.5 Å². The van der Waals surface area contributed by atoms with Gasteiger partial charge in [0, 0.05) is 50.0 Å². The van der Waals surface area contributed by atoms with Crippen LogP contribution in [0.25, 0.3) is 0 Å². The van der Waals surface area contributed by atoms with E-state index in [-0.39, 0.29) is 6.03 Å². The van der Waals surface area contributed by atoms with Gasteiger partial charge in [0.2, 0.25) is 0 Å². The molecule has 1 aromatic rings. The third-order valence-corrected chi connectivity index (χ3v) is 7.09. The summed E-state index contributed by atoms with van der Waals surface area (Å²) < 4.78 is 28.7. The molecule has 2 amide bonds. The zero-order chi connectivity index (χ0) is 18.6. The van der Waals surface area contributed by atoms with E-state index in [1.165, 1.54) is 4.31 Å². The molecule has 0 spiro atoms. The number of piperidine rings is 1. The van der Waals surface area contributed by atoms with Gasteiger partial charge in [-0.2, -0.15) is 17.0 Å². The van der Waals surface area contributed by atoms with Crippen LogP contribution in [0, 0.1) is 0 Å². The molecule has 2 heterocycles. The number of hydrogen-bond acceptors (Lipinski definition) is 3. The highest BCUT2D eigenvalue weighted by atomic mass is 35.5. The number of rotatable bonds is 3. The molecule has 2 aliphatic heterocycles. The van der Waals surface area contributed by atoms with E-state index in [2.05, 4.69) is 5.32 Å². The molecule has 26 heavy (non-hydrogen) atoms. The second kappa shape index (κ2) is 8.56. The lowest BCUT2D eigenvalue weighted by molar-refractivity contribution is 0.214. The average molecular weight is 401 g/mol. The van der Waals surface area contributed by atoms with Gasteiger partial charge in [-0.1, -0.05) is 18.0 Å². The molecule has 0 radical (unpaired) electrons. The fraction of sp³-hybridized carbons (Fsp3) is 0.588. The summed E-state index contributed by atoms with van der Waals surface area (Å²) in [6.45, 7) is 2.88. The smallest absolute Gasteiger partial charge is 0.321 e. The zero-order valence-electron chi connectivity index (χ0n) is 14.7. The number of nitrogens with zero attached hydrogens (tertiary/aromatic N) is 3. The fourth-order valence-electron chi connectivity index (χ4n) is 3.32. The van der Waals surface area contributed by atoms with Crippen molar-refractivity contribution in [3.63, 3.8) is 0 Å². The van der Waals surface area contributed by atoms with Gasteiger partial charge >= 0.3 is 6.03 Å². The molecular formula is C17H25ClN4O3S. The van der Waals surface area contributed by atoms with Crippen LogP contribution in [0.4, 0.5) is 10.5 Å². The van der Waals surface area contributed by atoms with Gasteiger partial charge in [-0.15, -0.1) is 0 Å². The minimum atomic E-state index is -3.43. The number of anilines is 1. The molecule has 2 aliphatic rings. The SMILES string of the molecule is O=C(Nc1ccc(Cl)cc1)N1CCCN(S(=O)(=O)N2CCCCC2)CC1. The van der Waals surface area contributed by atoms with E-state index in [9.17, 15) is 13.2 Å². The highest BCUT2D eigenvalue weighted by Crippen LogP contribution is 2.19. The van der Waals surface area contributed by atoms with Gasteiger partial charge in [0.1, 0.15) is 0 Å². The molecule has 1 aromatic carbocycles. The van der Waals surface area contributed by atoms with Crippen molar-refractivity contribution >= 4 is 33.5 Å². The van der Waals surface area contributed by atoms with E-state index >= 15 is 0 Å². The second-order valence-corrected chi connectivity index (χ2v) is 9.01. The van der Waals surface area contributed by atoms with Crippen LogP contribution in [0.3, 0.4) is 0 Å². The van der Waals surface area contributed by atoms with Crippen LogP contribution < -0.4 is 5.32 Å². The number of nitrogens with one attached hydrogen (secondary N) is 1. The van der Waals surface area contributed by atoms with Crippen LogP contribution in [0.15, 0.2) is 24.3 Å². The molecule has 7 nitrogen and oxygen atoms in total. The van der Waals surface area contributed by atoms with Crippen LogP contribution in [0.5, 0.6) is 0 Å². The largest absolute Gasteiger partial charge is 0.323 e. The normalized spacial score (nSPS) is 20.6. The van der Waals surface area contributed by atoms with Gasteiger partial charge in [0.25, 0.3) is 10.2 Å². The lowest BCUT2D eigenvalue weighted by Crippen LogP contribution is -2.47. The molecule has 2 fully saturated rings. The van der Waals surface area contributed by atoms with Crippen molar-refractivity contribution < 1.29 is 13.2 Å². The van der Waals surface area contributed by atoms with E-state index in [1.54, 1.807) is 33.5 Å². The van der Waals surface area contributed by atoms with Gasteiger partial charge in [-0.3, -0.25) is 0 Å². The molecule has 0 bridgehead atoms. The Hall–Kier alpha value is -1.35. The first-order chi connectivity index (χ1) is 12.5. The standard InChI is InChI=1S/C17H25ClN4O3S/c18-15-5-7-16(8-6-15)19-17(23)20-9-4-12-22(14-13-20)26(24,25)21-10-2-1-3-11-21/h5-8H,1-4,9-14H2,(H,19,23). The van der Waals surface area contributed by atoms with Gasteiger partial charge < -0.3 is 10.2 Å². The number of carbonyl (C=O) groups is 1. The van der Waals surface area contributed by atoms with Gasteiger partial charge in [0.15, 0.2) is 0 Å². The highest BCUT2D eigenvalue weighted by Gasteiger charge is 2.32. The number of halogens is 1. The van der Waals surface area contributed by atoms with E-state index < -0.39 is 10.2 Å². The first-order valence-electron chi connectivity index (χ1n) is 9.03. The molecule has 144 valence electrons. The third kappa shape index (κ3) is 4.68. The van der Waals surface area contributed by atoms with Gasteiger partial charge in [-0.25, -0.2) is 4.79 Å². The molecule has 0 aliphatic carbocycles. The second-order valence-electron chi connectivity index (χ2n) is 6.64. The van der Waals surface area contributed by atoms with E-state index in [1.807, 2.05) is 0 Å². The molecule has 0 saturated carbocycles. The van der Waals surface area contributed by atoms with Crippen LogP contribution in [0.2, 0.25) is 5.02 Å². The van der Waals surface area contributed by atoms with Crippen molar-refractivity contribution in [3.05, 3.63) is 29.3 Å². The van der Waals surface area contributed by atoms with Crippen LogP contribution in [0.1, 0.15) is 25.7 Å². The van der Waals surface area contributed by atoms with Crippen LogP contribution >= 0.6 is 11.6 Å². The summed E-state index contributed by atoms with van der Waals surface area (Å²) in [4.78, 5) is 14.1. The van der Waals surface area contributed by atoms with Crippen molar-refractivity contribution in [3.8, 4) is 0 Å². The predicted molar refractivity (Wildman–Crippen MR) is 103 cm³/mol. The Labute approximate surface area is 160 Å². The Morgan fingerprint density at radius 2 is 1.46 bits per heavy atom. The molecule has 0 aromatic heterocycles. The Bertz CT molecular complexity index is 720. The first kappa shape index (κ1) is 19.4. The molecular weight excluding hydrogens is 376 g/mol. The monoisotopic (exact) mass is 400 g/mol. The predicted octanol–water partition coefficient (Wildman–Crippen LogP) is 2.61. The molecule has 1 N–H and O–H groups in total. The van der Waals surface area contributed by atoms with E-state index in [0.717, 1.165) is 19.3 Å². The number of urea groups is 1. The Morgan fingerprint density at radius 3 is 2.15 bits per heavy atom. The van der Waals surface area contributed by atoms with Crippen LogP contribution in [-0.2, 0) is 10.2 Å². The Kier molecular flexibility index (Phi) is 6.39. The Morgan fingerprint density at radius 1 is 0.846 bits per heavy atom. The lowest BCUT2D eigenvalue weighted by atomic mass is 10.2. The van der Waals surface area contributed by atoms with Crippen molar-refractivity contribution in [2.45, 2.75) is 25.7 Å². The third-order valence-electron chi connectivity index (χ3n) is 4.81. The fourth-order valence-corrected chi connectivity index (χ4v) is 5.17. The van der Waals surface area contributed by atoms with Crippen molar-refractivity contribution in [2.24, 2.45) is 0 Å². The molecule has 2 saturated heterocycles. The average Bonchev–Trinajstić information content (AvgIpc) is 2.91. The summed E-state index contributed by atoms with van der Waals surface area (Å²) in [5.41, 5.74) is 0.668. The summed E-state index contributed by atoms with van der Waals surface area (Å²) in [5.74, 6) is 0.